The van der Waals surface area contributed by atoms with E-state index in [9.17, 15) is 10.5 Å². The van der Waals surface area contributed by atoms with Crippen molar-refractivity contribution in [1.29, 1.82) is 10.5 Å². The van der Waals surface area contributed by atoms with Gasteiger partial charge in [0.2, 0.25) is 0 Å². The predicted molar refractivity (Wildman–Crippen MR) is 188 cm³/mol. The first-order chi connectivity index (χ1) is 23.2. The molecule has 47 heavy (non-hydrogen) atoms. The number of fused-ring (bicyclic) bond motifs is 3. The molecule has 0 saturated heterocycles. The monoisotopic (exact) mass is 599 g/mol. The zero-order valence-corrected chi connectivity index (χ0v) is 25.2. The van der Waals surface area contributed by atoms with Gasteiger partial charge in [0, 0.05) is 52.4 Å². The van der Waals surface area contributed by atoms with Crippen LogP contribution in [0.2, 0.25) is 0 Å². The van der Waals surface area contributed by atoms with Crippen LogP contribution in [0.1, 0.15) is 11.1 Å². The number of nitriles is 2. The van der Waals surface area contributed by atoms with Crippen molar-refractivity contribution in [2.75, 3.05) is 0 Å². The summed E-state index contributed by atoms with van der Waals surface area (Å²) in [6.45, 7) is 0. The van der Waals surface area contributed by atoms with Crippen LogP contribution in [0.5, 0.6) is 0 Å². The molecule has 0 atom stereocenters. The number of benzene rings is 5. The van der Waals surface area contributed by atoms with Crippen LogP contribution in [0, 0.1) is 22.7 Å². The predicted octanol–water partition coefficient (Wildman–Crippen LogP) is 9.99. The van der Waals surface area contributed by atoms with E-state index in [1.165, 1.54) is 10.8 Å². The number of hydrogen-bond acceptors (Lipinski definition) is 4. The summed E-state index contributed by atoms with van der Waals surface area (Å²) in [5.74, 6) is 0. The molecule has 3 heterocycles. The Balaban J connectivity index is 1.28. The van der Waals surface area contributed by atoms with Crippen molar-refractivity contribution >= 4 is 21.8 Å². The summed E-state index contributed by atoms with van der Waals surface area (Å²) in [5, 5.41) is 21.1. The van der Waals surface area contributed by atoms with Crippen LogP contribution < -0.4 is 0 Å². The Morgan fingerprint density at radius 1 is 0.404 bits per heavy atom. The molecule has 0 N–H and O–H groups in total. The molecule has 0 unspecified atom stereocenters. The van der Waals surface area contributed by atoms with Crippen molar-refractivity contribution in [3.05, 3.63) is 163 Å². The van der Waals surface area contributed by atoms with Gasteiger partial charge in [-0.15, -0.1) is 0 Å². The van der Waals surface area contributed by atoms with Crippen LogP contribution in [0.3, 0.4) is 0 Å². The lowest BCUT2D eigenvalue weighted by Crippen LogP contribution is -1.94. The van der Waals surface area contributed by atoms with Gasteiger partial charge in [-0.2, -0.15) is 10.5 Å². The second-order valence-corrected chi connectivity index (χ2v) is 11.4. The quantitative estimate of drug-likeness (QED) is 0.197. The van der Waals surface area contributed by atoms with Crippen molar-refractivity contribution in [1.82, 2.24) is 14.5 Å². The minimum absolute atomic E-state index is 0.540. The maximum atomic E-state index is 9.38. The molecule has 0 spiro atoms. The van der Waals surface area contributed by atoms with Crippen molar-refractivity contribution in [2.45, 2.75) is 0 Å². The number of nitrogens with zero attached hydrogens (tertiary/aromatic N) is 5. The first kappa shape index (κ1) is 27.7. The van der Waals surface area contributed by atoms with Crippen molar-refractivity contribution in [3.63, 3.8) is 0 Å². The number of hydrogen-bond donors (Lipinski definition) is 0. The zero-order chi connectivity index (χ0) is 31.7. The van der Waals surface area contributed by atoms with Crippen LogP contribution in [0.15, 0.2) is 152 Å². The third-order valence-corrected chi connectivity index (χ3v) is 8.58. The molecule has 0 aliphatic rings. The van der Waals surface area contributed by atoms with Gasteiger partial charge in [0.15, 0.2) is 0 Å². The third kappa shape index (κ3) is 5.09. The number of para-hydroxylation sites is 1. The SMILES string of the molecule is N#Cc1cncc(-c2cccc(-c3ccc4c5ccc(-c6cccc(-c7cncc(C#N)c7)c6)cc5n(-c5ccccc5)c4c3)c2)c1. The second kappa shape index (κ2) is 11.6. The van der Waals surface area contributed by atoms with Crippen molar-refractivity contribution in [2.24, 2.45) is 0 Å². The van der Waals surface area contributed by atoms with E-state index < -0.39 is 0 Å². The summed E-state index contributed by atoms with van der Waals surface area (Å²) >= 11 is 0. The van der Waals surface area contributed by atoms with E-state index in [0.717, 1.165) is 61.2 Å². The van der Waals surface area contributed by atoms with Gasteiger partial charge in [-0.05, 0) is 81.9 Å². The molecule has 0 radical (unpaired) electrons. The van der Waals surface area contributed by atoms with Gasteiger partial charge in [-0.25, -0.2) is 0 Å². The maximum Gasteiger partial charge on any atom is 0.101 e. The fraction of sp³-hybridized carbons (Fsp3) is 0. The summed E-state index contributed by atoms with van der Waals surface area (Å²) in [6.07, 6.45) is 6.75. The van der Waals surface area contributed by atoms with Crippen LogP contribution in [0.25, 0.3) is 72.0 Å². The van der Waals surface area contributed by atoms with Gasteiger partial charge in [0.25, 0.3) is 0 Å². The molecule has 8 aromatic rings. The molecule has 218 valence electrons. The number of rotatable bonds is 5. The van der Waals surface area contributed by atoms with E-state index in [-0.39, 0.29) is 0 Å². The average Bonchev–Trinajstić information content (AvgIpc) is 3.48. The first-order valence-electron chi connectivity index (χ1n) is 15.2. The molecule has 3 aromatic heterocycles. The average molecular weight is 600 g/mol. The van der Waals surface area contributed by atoms with Gasteiger partial charge in [0.1, 0.15) is 12.1 Å². The Hall–Kier alpha value is -6.82. The topological polar surface area (TPSA) is 78.3 Å². The van der Waals surface area contributed by atoms with E-state index in [4.69, 9.17) is 0 Å². The Morgan fingerprint density at radius 2 is 0.851 bits per heavy atom. The van der Waals surface area contributed by atoms with Gasteiger partial charge >= 0.3 is 0 Å². The van der Waals surface area contributed by atoms with Crippen LogP contribution in [-0.2, 0) is 0 Å². The van der Waals surface area contributed by atoms with Crippen LogP contribution in [-0.4, -0.2) is 14.5 Å². The molecule has 5 nitrogen and oxygen atoms in total. The Labute approximate surface area is 271 Å². The first-order valence-corrected chi connectivity index (χ1v) is 15.2. The Bertz CT molecular complexity index is 2390. The summed E-state index contributed by atoms with van der Waals surface area (Å²) in [4.78, 5) is 8.52. The lowest BCUT2D eigenvalue weighted by Gasteiger charge is -2.11. The highest BCUT2D eigenvalue weighted by molar-refractivity contribution is 6.11. The van der Waals surface area contributed by atoms with Crippen molar-refractivity contribution < 1.29 is 0 Å². The summed E-state index contributed by atoms with van der Waals surface area (Å²) in [7, 11) is 0. The molecule has 0 aliphatic heterocycles. The van der Waals surface area contributed by atoms with E-state index in [1.807, 2.05) is 30.3 Å². The van der Waals surface area contributed by atoms with E-state index in [1.54, 1.807) is 24.8 Å². The Morgan fingerprint density at radius 3 is 1.32 bits per heavy atom. The normalized spacial score (nSPS) is 10.9. The minimum Gasteiger partial charge on any atom is -0.309 e. The molecule has 0 fully saturated rings. The summed E-state index contributed by atoms with van der Waals surface area (Å²) < 4.78 is 2.34. The zero-order valence-electron chi connectivity index (χ0n) is 25.2. The highest BCUT2D eigenvalue weighted by Crippen LogP contribution is 2.38. The third-order valence-electron chi connectivity index (χ3n) is 8.58. The highest BCUT2D eigenvalue weighted by atomic mass is 15.0. The number of aromatic nitrogens is 3. The molecule has 0 saturated carbocycles. The van der Waals surface area contributed by atoms with Crippen LogP contribution >= 0.6 is 0 Å². The van der Waals surface area contributed by atoms with E-state index >= 15 is 0 Å². The molecule has 0 aliphatic carbocycles. The standard InChI is InChI=1S/C42H25N5/c43-22-28-16-36(26-45-24-28)32-8-4-6-30(18-32)34-12-14-39-40-15-13-35(21-42(40)47(41(39)20-34)38-10-2-1-3-11-38)31-7-5-9-33(19-31)37-17-29(23-44)25-46-27-37/h1-21,24-27H. The number of pyridine rings is 2. The van der Waals surface area contributed by atoms with Gasteiger partial charge in [-0.1, -0.05) is 78.9 Å². The minimum atomic E-state index is 0.540. The van der Waals surface area contributed by atoms with Gasteiger partial charge in [-0.3, -0.25) is 9.97 Å². The van der Waals surface area contributed by atoms with Crippen LogP contribution in [0.4, 0.5) is 0 Å². The summed E-state index contributed by atoms with van der Waals surface area (Å²) in [6, 6.07) is 48.7. The fourth-order valence-electron chi connectivity index (χ4n) is 6.31. The van der Waals surface area contributed by atoms with Gasteiger partial charge in [0.05, 0.1) is 22.2 Å². The molecule has 8 rings (SSSR count). The van der Waals surface area contributed by atoms with Crippen molar-refractivity contribution in [3.8, 4) is 62.3 Å². The maximum absolute atomic E-state index is 9.38. The molecular weight excluding hydrogens is 574 g/mol. The lowest BCUT2D eigenvalue weighted by atomic mass is 9.97. The molecule has 0 amide bonds. The summed E-state index contributed by atoms with van der Waals surface area (Å²) in [5.41, 5.74) is 12.6. The second-order valence-electron chi connectivity index (χ2n) is 11.4. The van der Waals surface area contributed by atoms with E-state index in [0.29, 0.717) is 11.1 Å². The Kier molecular flexibility index (Phi) is 6.84. The van der Waals surface area contributed by atoms with E-state index in [2.05, 4.69) is 124 Å². The molecular formula is C42H25N5. The highest BCUT2D eigenvalue weighted by Gasteiger charge is 2.15. The molecule has 5 heteroatoms. The lowest BCUT2D eigenvalue weighted by molar-refractivity contribution is 1.18. The largest absolute Gasteiger partial charge is 0.309 e. The fourth-order valence-corrected chi connectivity index (χ4v) is 6.31. The van der Waals surface area contributed by atoms with Gasteiger partial charge < -0.3 is 4.57 Å². The molecule has 5 aromatic carbocycles. The molecule has 0 bridgehead atoms. The smallest absolute Gasteiger partial charge is 0.101 e.